The van der Waals surface area contributed by atoms with Crippen molar-refractivity contribution >= 4 is 16.7 Å². The summed E-state index contributed by atoms with van der Waals surface area (Å²) in [5.74, 6) is 0.594. The van der Waals surface area contributed by atoms with Gasteiger partial charge >= 0.3 is 16.7 Å². The average molecular weight is 810 g/mol. The third-order valence-electron chi connectivity index (χ3n) is 6.33. The van der Waals surface area contributed by atoms with Crippen LogP contribution < -0.4 is 0 Å². The molecule has 0 aliphatic rings. The Labute approximate surface area is 294 Å². The van der Waals surface area contributed by atoms with Gasteiger partial charge in [0.25, 0.3) is 0 Å². The van der Waals surface area contributed by atoms with Crippen LogP contribution in [0.25, 0.3) is 0 Å². The fourth-order valence-electron chi connectivity index (χ4n) is 3.88. The standard InChI is InChI=1S/C20H42O2P.C8H17O2P.2Nd/c1-3-5-7-9-11-13-15-17-19-22-23(21)20-18-16-14-12-10-8-6-4-2;1-3-5-6-8(4-2)7-10-11-9;;/h3-20H2,1-2H3;8H,3-7H2,1-2H3;;/q+1;;;. The molecule has 212 valence electrons. The monoisotopic (exact) mass is 805 g/mol. The van der Waals surface area contributed by atoms with E-state index < -0.39 is 8.03 Å². The largest absolute Gasteiger partial charge is 0.508 e. The molecular weight excluding hydrogens is 751 g/mol. The minimum Gasteiger partial charge on any atom is -0.294 e. The van der Waals surface area contributed by atoms with Crippen molar-refractivity contribution in [1.29, 1.82) is 0 Å². The van der Waals surface area contributed by atoms with E-state index in [1.165, 1.54) is 109 Å². The van der Waals surface area contributed by atoms with Crippen molar-refractivity contribution in [2.45, 2.75) is 156 Å². The summed E-state index contributed by atoms with van der Waals surface area (Å²) < 4.78 is 32.0. The van der Waals surface area contributed by atoms with Gasteiger partial charge in [0.15, 0.2) is 6.16 Å². The molecule has 0 heterocycles. The molecule has 8 heteroatoms. The topological polar surface area (TPSA) is 52.6 Å². The van der Waals surface area contributed by atoms with Crippen LogP contribution in [0, 0.1) is 87.6 Å². The molecule has 0 saturated carbocycles. The second-order valence-corrected chi connectivity index (χ2v) is 11.4. The van der Waals surface area contributed by atoms with E-state index in [4.69, 9.17) is 9.05 Å². The molecule has 0 fully saturated rings. The Hall–Kier alpha value is 2.82. The van der Waals surface area contributed by atoms with Crippen LogP contribution in [0.5, 0.6) is 0 Å². The maximum absolute atomic E-state index is 11.8. The summed E-state index contributed by atoms with van der Waals surface area (Å²) in [6.45, 7) is 10.2. The van der Waals surface area contributed by atoms with Gasteiger partial charge < -0.3 is 0 Å². The van der Waals surface area contributed by atoms with Gasteiger partial charge in [0.05, 0.1) is 6.61 Å². The molecule has 0 N–H and O–H groups in total. The molecular formula is C28H59Nd2O4P2+. The SMILES string of the molecule is CCCCC(CC)COP=O.CCCCCCCCCCO[P+](=O)CCCCCCCCCC.[Nd].[Nd]. The van der Waals surface area contributed by atoms with Crippen molar-refractivity contribution in [3.63, 3.8) is 0 Å². The molecule has 0 spiro atoms. The van der Waals surface area contributed by atoms with E-state index in [1.807, 2.05) is 0 Å². The van der Waals surface area contributed by atoms with E-state index in [9.17, 15) is 9.13 Å². The van der Waals surface area contributed by atoms with Crippen molar-refractivity contribution in [2.75, 3.05) is 19.4 Å². The van der Waals surface area contributed by atoms with Crippen molar-refractivity contribution in [2.24, 2.45) is 5.92 Å². The maximum atomic E-state index is 11.8. The Bertz CT molecular complexity index is 419. The van der Waals surface area contributed by atoms with E-state index in [2.05, 4.69) is 27.7 Å². The molecule has 36 heavy (non-hydrogen) atoms. The Morgan fingerprint density at radius 1 is 0.639 bits per heavy atom. The molecule has 0 rings (SSSR count). The van der Waals surface area contributed by atoms with Crippen LogP contribution in [0.15, 0.2) is 0 Å². The van der Waals surface area contributed by atoms with Crippen molar-refractivity contribution in [1.82, 2.24) is 0 Å². The summed E-state index contributed by atoms with van der Waals surface area (Å²) in [6.07, 6.45) is 26.3. The van der Waals surface area contributed by atoms with E-state index in [0.717, 1.165) is 25.4 Å². The van der Waals surface area contributed by atoms with Gasteiger partial charge in [0, 0.05) is 81.7 Å². The van der Waals surface area contributed by atoms with Gasteiger partial charge in [-0.25, -0.2) is 4.57 Å². The van der Waals surface area contributed by atoms with Gasteiger partial charge in [-0.15, -0.1) is 4.52 Å². The van der Waals surface area contributed by atoms with Gasteiger partial charge in [-0.1, -0.05) is 130 Å². The zero-order valence-corrected chi connectivity index (χ0v) is 32.6. The predicted molar refractivity (Wildman–Crippen MR) is 151 cm³/mol. The van der Waals surface area contributed by atoms with Crippen LogP contribution in [-0.4, -0.2) is 19.4 Å². The molecule has 0 aromatic rings. The van der Waals surface area contributed by atoms with Gasteiger partial charge in [-0.2, -0.15) is 0 Å². The summed E-state index contributed by atoms with van der Waals surface area (Å²) in [4.78, 5) is 0. The third-order valence-corrected chi connectivity index (χ3v) is 7.74. The van der Waals surface area contributed by atoms with E-state index in [-0.39, 0.29) is 90.4 Å². The molecule has 0 amide bonds. The number of hydrogen-bond donors (Lipinski definition) is 0. The normalized spacial score (nSPS) is 11.7. The fourth-order valence-corrected chi connectivity index (χ4v) is 5.09. The zero-order chi connectivity index (χ0) is 25.5. The van der Waals surface area contributed by atoms with Crippen molar-refractivity contribution in [3.05, 3.63) is 0 Å². The summed E-state index contributed by atoms with van der Waals surface area (Å²) >= 11 is 0. The van der Waals surface area contributed by atoms with E-state index in [1.54, 1.807) is 0 Å². The minimum absolute atomic E-state index is 0. The first-order valence-electron chi connectivity index (χ1n) is 14.7. The third kappa shape index (κ3) is 41.3. The fraction of sp³-hybridized carbons (Fsp3) is 1.00. The Kier molecular flexibility index (Phi) is 53.8. The van der Waals surface area contributed by atoms with Crippen LogP contribution in [0.3, 0.4) is 0 Å². The Morgan fingerprint density at radius 2 is 1.08 bits per heavy atom. The van der Waals surface area contributed by atoms with Gasteiger partial charge in [0.1, 0.15) is 6.61 Å². The number of rotatable bonds is 26. The Morgan fingerprint density at radius 3 is 1.53 bits per heavy atom. The Balaban J connectivity index is -0.000000335. The van der Waals surface area contributed by atoms with E-state index in [0.29, 0.717) is 19.1 Å². The molecule has 2 atom stereocenters. The van der Waals surface area contributed by atoms with Crippen LogP contribution in [0.2, 0.25) is 0 Å². The second-order valence-electron chi connectivity index (χ2n) is 9.63. The van der Waals surface area contributed by atoms with Gasteiger partial charge in [-0.3, -0.25) is 4.52 Å². The number of hydrogen-bond acceptors (Lipinski definition) is 4. The molecule has 0 aromatic heterocycles. The summed E-state index contributed by atoms with van der Waals surface area (Å²) in [5.41, 5.74) is 0. The number of unbranched alkanes of at least 4 members (excludes halogenated alkanes) is 15. The molecule has 0 aliphatic carbocycles. The quantitative estimate of drug-likeness (QED) is 0.0645. The van der Waals surface area contributed by atoms with Crippen LogP contribution in [0.1, 0.15) is 156 Å². The average Bonchev–Trinajstić information content (AvgIpc) is 2.85. The summed E-state index contributed by atoms with van der Waals surface area (Å²) in [6, 6.07) is 0. The molecule has 0 saturated heterocycles. The first kappa shape index (κ1) is 45.8. The molecule has 2 unspecified atom stereocenters. The first-order chi connectivity index (χ1) is 16.7. The molecule has 0 radical (unpaired) electrons. The first-order valence-corrected chi connectivity index (χ1v) is 16.8. The van der Waals surface area contributed by atoms with Gasteiger partial charge in [0.2, 0.25) is 0 Å². The summed E-state index contributed by atoms with van der Waals surface area (Å²) in [7, 11) is -1.57. The molecule has 0 aromatic carbocycles. The van der Waals surface area contributed by atoms with Crippen LogP contribution >= 0.6 is 16.7 Å². The van der Waals surface area contributed by atoms with E-state index >= 15 is 0 Å². The molecule has 0 aliphatic heterocycles. The van der Waals surface area contributed by atoms with Crippen molar-refractivity contribution < 1.29 is 99.9 Å². The summed E-state index contributed by atoms with van der Waals surface area (Å²) in [5, 5.41) is 0. The smallest absolute Gasteiger partial charge is 0.294 e. The zero-order valence-electron chi connectivity index (χ0n) is 24.4. The molecule has 0 bridgehead atoms. The molecule has 4 nitrogen and oxygen atoms in total. The van der Waals surface area contributed by atoms with Gasteiger partial charge in [-0.05, 0) is 36.2 Å². The second kappa shape index (κ2) is 42.3. The van der Waals surface area contributed by atoms with Crippen LogP contribution in [-0.2, 0) is 18.2 Å². The van der Waals surface area contributed by atoms with Crippen molar-refractivity contribution in [3.8, 4) is 0 Å². The minimum atomic E-state index is -1.39. The maximum Gasteiger partial charge on any atom is 0.508 e. The van der Waals surface area contributed by atoms with Crippen LogP contribution in [0.4, 0.5) is 0 Å². The predicted octanol–water partition coefficient (Wildman–Crippen LogP) is 11.5.